The Labute approximate surface area is 119 Å². The van der Waals surface area contributed by atoms with Gasteiger partial charge in [0.1, 0.15) is 5.54 Å². The molecule has 0 aromatic heterocycles. The van der Waals surface area contributed by atoms with Crippen molar-refractivity contribution < 1.29 is 9.59 Å². The maximum atomic E-state index is 12.3. The summed E-state index contributed by atoms with van der Waals surface area (Å²) >= 11 is 0. The number of rotatable bonds is 3. The fourth-order valence-electron chi connectivity index (χ4n) is 2.47. The molecular weight excluding hydrogens is 254 g/mol. The Bertz CT molecular complexity index is 526. The van der Waals surface area contributed by atoms with E-state index in [9.17, 15) is 9.59 Å². The van der Waals surface area contributed by atoms with Crippen molar-refractivity contribution in [3.8, 4) is 0 Å². The Kier molecular flexibility index (Phi) is 3.97. The third-order valence-corrected chi connectivity index (χ3v) is 3.82. The van der Waals surface area contributed by atoms with Gasteiger partial charge in [-0.05, 0) is 31.9 Å². The van der Waals surface area contributed by atoms with Crippen LogP contribution in [0.5, 0.6) is 0 Å². The molecular formula is C15H21N3O2. The Morgan fingerprint density at radius 1 is 1.40 bits per heavy atom. The first-order valence-electron chi connectivity index (χ1n) is 6.85. The lowest BCUT2D eigenvalue weighted by Gasteiger charge is -2.41. The maximum Gasteiger partial charge on any atom is 0.245 e. The molecule has 0 radical (unpaired) electrons. The van der Waals surface area contributed by atoms with Gasteiger partial charge in [0.25, 0.3) is 0 Å². The highest BCUT2D eigenvalue weighted by atomic mass is 16.2. The second-order valence-electron chi connectivity index (χ2n) is 5.56. The number of nitrogens with one attached hydrogen (secondary N) is 1. The zero-order valence-corrected chi connectivity index (χ0v) is 12.0. The number of hydrogen-bond donors (Lipinski definition) is 2. The molecule has 0 spiro atoms. The normalized spacial score (nSPS) is 17.7. The number of nitrogens with zero attached hydrogens (tertiary/aromatic N) is 1. The van der Waals surface area contributed by atoms with E-state index < -0.39 is 5.54 Å². The fourth-order valence-corrected chi connectivity index (χ4v) is 2.47. The van der Waals surface area contributed by atoms with Crippen LogP contribution in [0.4, 0.5) is 5.69 Å². The molecule has 3 N–H and O–H groups in total. The average molecular weight is 275 g/mol. The van der Waals surface area contributed by atoms with Gasteiger partial charge in [0.05, 0.1) is 0 Å². The van der Waals surface area contributed by atoms with Gasteiger partial charge in [0, 0.05) is 25.2 Å². The summed E-state index contributed by atoms with van der Waals surface area (Å²) in [6, 6.07) is 7.54. The number of anilines is 1. The molecule has 1 saturated heterocycles. The van der Waals surface area contributed by atoms with E-state index in [4.69, 9.17) is 5.73 Å². The van der Waals surface area contributed by atoms with Crippen LogP contribution in [0.25, 0.3) is 0 Å². The predicted octanol–water partition coefficient (Wildman–Crippen LogP) is 0.938. The molecule has 0 atom stereocenters. The van der Waals surface area contributed by atoms with Gasteiger partial charge in [-0.3, -0.25) is 9.59 Å². The van der Waals surface area contributed by atoms with Crippen LogP contribution in [0.3, 0.4) is 0 Å². The van der Waals surface area contributed by atoms with E-state index in [0.717, 1.165) is 5.56 Å². The second-order valence-corrected chi connectivity index (χ2v) is 5.56. The predicted molar refractivity (Wildman–Crippen MR) is 78.0 cm³/mol. The topological polar surface area (TPSA) is 75.4 Å². The molecule has 0 saturated carbocycles. The molecule has 2 rings (SSSR count). The third-order valence-electron chi connectivity index (χ3n) is 3.82. The van der Waals surface area contributed by atoms with Crippen molar-refractivity contribution in [2.24, 2.45) is 0 Å². The summed E-state index contributed by atoms with van der Waals surface area (Å²) in [7, 11) is 0. The molecule has 1 aromatic rings. The number of amides is 2. The highest BCUT2D eigenvalue weighted by Crippen LogP contribution is 2.20. The minimum Gasteiger partial charge on any atom is -0.399 e. The van der Waals surface area contributed by atoms with Crippen molar-refractivity contribution in [2.75, 3.05) is 18.8 Å². The molecule has 20 heavy (non-hydrogen) atoms. The summed E-state index contributed by atoms with van der Waals surface area (Å²) in [5.74, 6) is -0.107. The average Bonchev–Trinajstić information content (AvgIpc) is 2.40. The van der Waals surface area contributed by atoms with Gasteiger partial charge in [-0.1, -0.05) is 18.2 Å². The molecule has 1 aliphatic heterocycles. The van der Waals surface area contributed by atoms with Gasteiger partial charge >= 0.3 is 0 Å². The molecule has 0 bridgehead atoms. The van der Waals surface area contributed by atoms with Crippen molar-refractivity contribution >= 4 is 17.5 Å². The second kappa shape index (κ2) is 5.53. The van der Waals surface area contributed by atoms with Crippen LogP contribution in [0.1, 0.15) is 25.8 Å². The van der Waals surface area contributed by atoms with Crippen LogP contribution in [0, 0.1) is 0 Å². The Hall–Kier alpha value is -2.04. The molecule has 0 unspecified atom stereocenters. The highest BCUT2D eigenvalue weighted by molar-refractivity contribution is 5.91. The summed E-state index contributed by atoms with van der Waals surface area (Å²) in [5, 5.41) is 2.79. The van der Waals surface area contributed by atoms with Crippen LogP contribution in [0.15, 0.2) is 24.3 Å². The van der Waals surface area contributed by atoms with Crippen molar-refractivity contribution in [1.82, 2.24) is 10.2 Å². The number of carbonyl (C=O) groups excluding carboxylic acids is 2. The number of hydrogen-bond acceptors (Lipinski definition) is 3. The van der Waals surface area contributed by atoms with E-state index in [-0.39, 0.29) is 11.8 Å². The van der Waals surface area contributed by atoms with Crippen molar-refractivity contribution in [3.05, 3.63) is 29.8 Å². The van der Waals surface area contributed by atoms with E-state index in [0.29, 0.717) is 31.6 Å². The number of nitrogens with two attached hydrogens (primary N) is 1. The summed E-state index contributed by atoms with van der Waals surface area (Å²) in [5.41, 5.74) is 6.77. The van der Waals surface area contributed by atoms with E-state index in [1.54, 1.807) is 18.7 Å². The number of piperazine rings is 1. The molecule has 2 amide bonds. The largest absolute Gasteiger partial charge is 0.399 e. The van der Waals surface area contributed by atoms with Crippen molar-refractivity contribution in [2.45, 2.75) is 32.2 Å². The molecule has 1 aliphatic rings. The number of para-hydroxylation sites is 1. The zero-order chi connectivity index (χ0) is 14.8. The van der Waals surface area contributed by atoms with Crippen LogP contribution in [-0.4, -0.2) is 35.3 Å². The van der Waals surface area contributed by atoms with Gasteiger partial charge < -0.3 is 16.0 Å². The maximum absolute atomic E-state index is 12.3. The van der Waals surface area contributed by atoms with Crippen LogP contribution >= 0.6 is 0 Å². The molecule has 108 valence electrons. The summed E-state index contributed by atoms with van der Waals surface area (Å²) in [6.45, 7) is 4.62. The minimum atomic E-state index is -0.780. The first-order chi connectivity index (χ1) is 9.43. The number of aryl methyl sites for hydroxylation is 1. The van der Waals surface area contributed by atoms with Gasteiger partial charge in [-0.2, -0.15) is 0 Å². The zero-order valence-electron chi connectivity index (χ0n) is 12.0. The number of benzene rings is 1. The lowest BCUT2D eigenvalue weighted by molar-refractivity contribution is -0.149. The van der Waals surface area contributed by atoms with Gasteiger partial charge in [0.2, 0.25) is 11.8 Å². The highest BCUT2D eigenvalue weighted by Gasteiger charge is 2.39. The molecule has 0 aliphatic carbocycles. The van der Waals surface area contributed by atoms with E-state index in [1.807, 2.05) is 24.3 Å². The van der Waals surface area contributed by atoms with Gasteiger partial charge in [0.15, 0.2) is 0 Å². The van der Waals surface area contributed by atoms with Gasteiger partial charge in [-0.25, -0.2) is 0 Å². The summed E-state index contributed by atoms with van der Waals surface area (Å²) in [4.78, 5) is 25.8. The number of nitrogen functional groups attached to an aromatic ring is 1. The van der Waals surface area contributed by atoms with Crippen molar-refractivity contribution in [3.63, 3.8) is 0 Å². The molecule has 1 heterocycles. The number of carbonyl (C=O) groups is 2. The van der Waals surface area contributed by atoms with Gasteiger partial charge in [-0.15, -0.1) is 0 Å². The molecule has 1 fully saturated rings. The lowest BCUT2D eigenvalue weighted by Crippen LogP contribution is -2.63. The third kappa shape index (κ3) is 2.76. The van der Waals surface area contributed by atoms with Crippen LogP contribution in [-0.2, 0) is 16.0 Å². The lowest BCUT2D eigenvalue weighted by atomic mass is 9.97. The quantitative estimate of drug-likeness (QED) is 0.806. The summed E-state index contributed by atoms with van der Waals surface area (Å²) in [6.07, 6.45) is 0.963. The standard InChI is InChI=1S/C15H21N3O2/c1-15(2)14(20)17-9-10-18(15)13(19)8-7-11-5-3-4-6-12(11)16/h3-6H,7-10,16H2,1-2H3,(H,17,20). The Morgan fingerprint density at radius 2 is 2.10 bits per heavy atom. The first kappa shape index (κ1) is 14.4. The Morgan fingerprint density at radius 3 is 2.80 bits per heavy atom. The molecule has 5 heteroatoms. The van der Waals surface area contributed by atoms with E-state index in [2.05, 4.69) is 5.32 Å². The Balaban J connectivity index is 2.02. The van der Waals surface area contributed by atoms with Crippen LogP contribution in [0.2, 0.25) is 0 Å². The minimum absolute atomic E-state index is 0.00639. The summed E-state index contributed by atoms with van der Waals surface area (Å²) < 4.78 is 0. The van der Waals surface area contributed by atoms with Crippen molar-refractivity contribution in [1.29, 1.82) is 0 Å². The smallest absolute Gasteiger partial charge is 0.245 e. The fraction of sp³-hybridized carbons (Fsp3) is 0.467. The molecule has 5 nitrogen and oxygen atoms in total. The van der Waals surface area contributed by atoms with Crippen LogP contribution < -0.4 is 11.1 Å². The van der Waals surface area contributed by atoms with E-state index >= 15 is 0 Å². The SMILES string of the molecule is CC1(C)C(=O)NCCN1C(=O)CCc1ccccc1N. The molecule has 1 aromatic carbocycles. The monoisotopic (exact) mass is 275 g/mol. The van der Waals surface area contributed by atoms with E-state index in [1.165, 1.54) is 0 Å². The first-order valence-corrected chi connectivity index (χ1v) is 6.85.